The lowest BCUT2D eigenvalue weighted by Gasteiger charge is -2.05. The summed E-state index contributed by atoms with van der Waals surface area (Å²) < 4.78 is 4.25. The Labute approximate surface area is 147 Å². The quantitative estimate of drug-likeness (QED) is 0.593. The van der Waals surface area contributed by atoms with E-state index in [4.69, 9.17) is 0 Å². The number of rotatable bonds is 8. The summed E-state index contributed by atoms with van der Waals surface area (Å²) >= 11 is 3.24. The van der Waals surface area contributed by atoms with Crippen LogP contribution in [-0.4, -0.2) is 36.8 Å². The number of aromatic nitrogens is 5. The number of thioether (sulfide) groups is 1. The molecule has 0 fully saturated rings. The first-order valence-electron chi connectivity index (χ1n) is 7.36. The van der Waals surface area contributed by atoms with Crippen LogP contribution >= 0.6 is 23.3 Å². The van der Waals surface area contributed by atoms with Gasteiger partial charge >= 0.3 is 0 Å². The summed E-state index contributed by atoms with van der Waals surface area (Å²) in [6.45, 7) is 0.696. The number of aromatic amines is 1. The molecule has 3 rings (SSSR count). The van der Waals surface area contributed by atoms with Crippen LogP contribution in [0.4, 0.5) is 5.95 Å². The molecular weight excluding hydrogens is 344 g/mol. The van der Waals surface area contributed by atoms with Crippen LogP contribution < -0.4 is 10.9 Å². The van der Waals surface area contributed by atoms with Gasteiger partial charge in [0.15, 0.2) is 0 Å². The third-order valence-corrected chi connectivity index (χ3v) is 4.72. The number of pyridine rings is 1. The van der Waals surface area contributed by atoms with E-state index in [0.29, 0.717) is 24.6 Å². The first kappa shape index (κ1) is 16.6. The molecule has 9 heteroatoms. The van der Waals surface area contributed by atoms with E-state index in [1.807, 2.05) is 23.6 Å². The molecule has 0 aliphatic heterocycles. The van der Waals surface area contributed by atoms with E-state index in [-0.39, 0.29) is 5.56 Å². The molecule has 3 aromatic rings. The van der Waals surface area contributed by atoms with E-state index in [1.165, 1.54) is 11.5 Å². The second-order valence-electron chi connectivity index (χ2n) is 4.94. The van der Waals surface area contributed by atoms with Crippen LogP contribution in [0.3, 0.4) is 0 Å². The molecule has 0 spiro atoms. The Bertz CT molecular complexity index is 806. The lowest BCUT2D eigenvalue weighted by molar-refractivity contribution is 0.862. The largest absolute Gasteiger partial charge is 0.354 e. The van der Waals surface area contributed by atoms with E-state index in [0.717, 1.165) is 22.8 Å². The minimum atomic E-state index is -0.324. The van der Waals surface area contributed by atoms with Gasteiger partial charge in [-0.1, -0.05) is 6.07 Å². The first-order valence-corrected chi connectivity index (χ1v) is 9.36. The van der Waals surface area contributed by atoms with Gasteiger partial charge in [0.1, 0.15) is 5.69 Å². The fourth-order valence-corrected chi connectivity index (χ4v) is 3.36. The Morgan fingerprint density at radius 3 is 3.04 bits per heavy atom. The van der Waals surface area contributed by atoms with Crippen molar-refractivity contribution in [2.75, 3.05) is 17.6 Å². The van der Waals surface area contributed by atoms with Crippen LogP contribution in [0.2, 0.25) is 0 Å². The Hall–Kier alpha value is -2.26. The lowest BCUT2D eigenvalue weighted by atomic mass is 10.2. The van der Waals surface area contributed by atoms with Crippen LogP contribution in [0, 0.1) is 0 Å². The SMILES string of the molecule is O=c1nc(NCCSCc2ccsn2)[nH]nc1Cc1cccnc1. The van der Waals surface area contributed by atoms with Gasteiger partial charge in [-0.05, 0) is 29.2 Å². The average Bonchev–Trinajstić information content (AvgIpc) is 3.11. The minimum absolute atomic E-state index is 0.324. The Kier molecular flexibility index (Phi) is 5.91. The highest BCUT2D eigenvalue weighted by Crippen LogP contribution is 2.11. The summed E-state index contributed by atoms with van der Waals surface area (Å²) in [7, 11) is 0. The lowest BCUT2D eigenvalue weighted by Crippen LogP contribution is -2.20. The van der Waals surface area contributed by atoms with Crippen LogP contribution in [0.15, 0.2) is 40.8 Å². The predicted molar refractivity (Wildman–Crippen MR) is 96.5 cm³/mol. The fourth-order valence-electron chi connectivity index (χ4n) is 1.98. The van der Waals surface area contributed by atoms with E-state index in [1.54, 1.807) is 24.2 Å². The molecule has 0 unspecified atom stereocenters. The van der Waals surface area contributed by atoms with Crippen molar-refractivity contribution in [3.8, 4) is 0 Å². The maximum atomic E-state index is 12.0. The Morgan fingerprint density at radius 1 is 1.33 bits per heavy atom. The van der Waals surface area contributed by atoms with Crippen LogP contribution in [-0.2, 0) is 12.2 Å². The zero-order valence-electron chi connectivity index (χ0n) is 12.8. The standard InChI is InChI=1S/C15H16N6OS2/c22-14-13(8-11-2-1-4-16-9-11)19-20-15(18-14)17-5-7-23-10-12-3-6-24-21-12/h1-4,6,9H,5,7-8,10H2,(H2,17,18,20,22). The van der Waals surface area contributed by atoms with Crippen molar-refractivity contribution in [2.45, 2.75) is 12.2 Å². The first-order chi connectivity index (χ1) is 11.8. The summed E-state index contributed by atoms with van der Waals surface area (Å²) in [6.07, 6.45) is 3.83. The summed E-state index contributed by atoms with van der Waals surface area (Å²) in [5.41, 5.74) is 2.08. The molecule has 0 aromatic carbocycles. The molecule has 0 saturated heterocycles. The zero-order chi connectivity index (χ0) is 16.6. The van der Waals surface area contributed by atoms with Crippen molar-refractivity contribution in [1.29, 1.82) is 0 Å². The molecule has 3 heterocycles. The maximum absolute atomic E-state index is 12.0. The van der Waals surface area contributed by atoms with Crippen molar-refractivity contribution in [3.05, 3.63) is 63.3 Å². The van der Waals surface area contributed by atoms with Gasteiger partial charge in [-0.3, -0.25) is 9.78 Å². The molecule has 0 saturated carbocycles. The topological polar surface area (TPSA) is 96.5 Å². The van der Waals surface area contributed by atoms with Crippen molar-refractivity contribution in [2.24, 2.45) is 0 Å². The predicted octanol–water partition coefficient (Wildman–Crippen LogP) is 1.95. The normalized spacial score (nSPS) is 10.7. The van der Waals surface area contributed by atoms with Crippen LogP contribution in [0.5, 0.6) is 0 Å². The molecule has 0 aliphatic rings. The van der Waals surface area contributed by atoms with Crippen LogP contribution in [0.1, 0.15) is 17.0 Å². The van der Waals surface area contributed by atoms with E-state index in [2.05, 4.69) is 29.9 Å². The summed E-state index contributed by atoms with van der Waals surface area (Å²) in [5, 5.41) is 11.9. The van der Waals surface area contributed by atoms with Gasteiger partial charge in [-0.2, -0.15) is 26.2 Å². The Morgan fingerprint density at radius 2 is 2.29 bits per heavy atom. The summed E-state index contributed by atoms with van der Waals surface area (Å²) in [4.78, 5) is 20.0. The van der Waals surface area contributed by atoms with Gasteiger partial charge in [0.2, 0.25) is 5.95 Å². The molecule has 2 N–H and O–H groups in total. The van der Waals surface area contributed by atoms with Crippen molar-refractivity contribution in [3.63, 3.8) is 0 Å². The van der Waals surface area contributed by atoms with E-state index in [9.17, 15) is 4.79 Å². The third kappa shape index (κ3) is 4.87. The second kappa shape index (κ2) is 8.55. The monoisotopic (exact) mass is 360 g/mol. The van der Waals surface area contributed by atoms with Gasteiger partial charge < -0.3 is 5.32 Å². The third-order valence-electron chi connectivity index (χ3n) is 3.13. The van der Waals surface area contributed by atoms with Gasteiger partial charge in [-0.25, -0.2) is 5.10 Å². The molecule has 3 aromatic heterocycles. The molecule has 0 radical (unpaired) electrons. The molecule has 0 amide bonds. The van der Waals surface area contributed by atoms with E-state index >= 15 is 0 Å². The van der Waals surface area contributed by atoms with Gasteiger partial charge in [0.25, 0.3) is 5.56 Å². The highest BCUT2D eigenvalue weighted by Gasteiger charge is 2.06. The van der Waals surface area contributed by atoms with Crippen molar-refractivity contribution >= 4 is 29.2 Å². The minimum Gasteiger partial charge on any atom is -0.354 e. The molecule has 24 heavy (non-hydrogen) atoms. The molecule has 7 nitrogen and oxygen atoms in total. The van der Waals surface area contributed by atoms with Crippen molar-refractivity contribution < 1.29 is 0 Å². The molecule has 0 atom stereocenters. The van der Waals surface area contributed by atoms with E-state index < -0.39 is 0 Å². The van der Waals surface area contributed by atoms with Gasteiger partial charge in [-0.15, -0.1) is 0 Å². The highest BCUT2D eigenvalue weighted by molar-refractivity contribution is 7.98. The molecule has 0 bridgehead atoms. The summed E-state index contributed by atoms with van der Waals surface area (Å²) in [6, 6.07) is 5.76. The maximum Gasteiger partial charge on any atom is 0.296 e. The molecule has 124 valence electrons. The number of H-pyrrole nitrogens is 1. The number of nitrogens with one attached hydrogen (secondary N) is 2. The Balaban J connectivity index is 1.47. The molecular formula is C15H16N6OS2. The van der Waals surface area contributed by atoms with Gasteiger partial charge in [0, 0.05) is 42.2 Å². The van der Waals surface area contributed by atoms with Crippen molar-refractivity contribution in [1.82, 2.24) is 24.5 Å². The number of hydrogen-bond donors (Lipinski definition) is 2. The zero-order valence-corrected chi connectivity index (χ0v) is 14.4. The van der Waals surface area contributed by atoms with Gasteiger partial charge in [0.05, 0.1) is 5.69 Å². The van der Waals surface area contributed by atoms with Crippen LogP contribution in [0.25, 0.3) is 0 Å². The number of anilines is 1. The summed E-state index contributed by atoms with van der Waals surface area (Å²) in [5.74, 6) is 2.17. The highest BCUT2D eigenvalue weighted by atomic mass is 32.2. The fraction of sp³-hybridized carbons (Fsp3) is 0.267. The number of hydrogen-bond acceptors (Lipinski definition) is 8. The number of nitrogens with zero attached hydrogens (tertiary/aromatic N) is 4. The average molecular weight is 360 g/mol. The molecule has 0 aliphatic carbocycles. The second-order valence-corrected chi connectivity index (χ2v) is 6.71. The smallest absolute Gasteiger partial charge is 0.296 e.